The molecule has 162 valence electrons. The van der Waals surface area contributed by atoms with Crippen molar-refractivity contribution in [1.29, 1.82) is 0 Å². The third-order valence-electron chi connectivity index (χ3n) is 5.42. The zero-order valence-corrected chi connectivity index (χ0v) is 17.8. The van der Waals surface area contributed by atoms with Crippen molar-refractivity contribution in [1.82, 2.24) is 14.5 Å². The van der Waals surface area contributed by atoms with E-state index in [0.29, 0.717) is 6.54 Å². The average Bonchev–Trinajstić information content (AvgIpc) is 3.09. The second kappa shape index (κ2) is 9.51. The number of hydrogen-bond acceptors (Lipinski definition) is 5. The second-order valence-corrected chi connectivity index (χ2v) is 9.73. The van der Waals surface area contributed by atoms with E-state index in [-0.39, 0.29) is 42.0 Å². The number of morpholine rings is 1. The Bertz CT molecular complexity index is 792. The molecular formula is C20H30FN3O4S. The van der Waals surface area contributed by atoms with Crippen LogP contribution in [0.1, 0.15) is 33.1 Å². The molecule has 2 fully saturated rings. The van der Waals surface area contributed by atoms with Gasteiger partial charge in [-0.25, -0.2) is 17.5 Å². The van der Waals surface area contributed by atoms with Crippen molar-refractivity contribution in [2.24, 2.45) is 0 Å². The first-order valence-corrected chi connectivity index (χ1v) is 11.7. The van der Waals surface area contributed by atoms with Crippen molar-refractivity contribution < 1.29 is 22.3 Å². The van der Waals surface area contributed by atoms with Gasteiger partial charge in [-0.3, -0.25) is 9.69 Å². The molecule has 2 heterocycles. The molecule has 0 radical (unpaired) electrons. The van der Waals surface area contributed by atoms with Gasteiger partial charge in [0.25, 0.3) is 0 Å². The number of halogens is 1. The van der Waals surface area contributed by atoms with Gasteiger partial charge in [0.15, 0.2) is 0 Å². The summed E-state index contributed by atoms with van der Waals surface area (Å²) in [5, 5.41) is 0. The van der Waals surface area contributed by atoms with Gasteiger partial charge in [-0.1, -0.05) is 0 Å². The zero-order chi connectivity index (χ0) is 21.0. The lowest BCUT2D eigenvalue weighted by molar-refractivity contribution is -0.132. The molecule has 0 aliphatic carbocycles. The maximum absolute atomic E-state index is 13.0. The average molecular weight is 428 g/mol. The van der Waals surface area contributed by atoms with E-state index in [1.165, 1.54) is 12.1 Å². The van der Waals surface area contributed by atoms with Crippen LogP contribution in [0.5, 0.6) is 0 Å². The summed E-state index contributed by atoms with van der Waals surface area (Å²) in [6, 6.07) is 4.78. The number of likely N-dealkylation sites (tertiary alicyclic amines) is 1. The van der Waals surface area contributed by atoms with Crippen LogP contribution in [0.4, 0.5) is 4.39 Å². The van der Waals surface area contributed by atoms with Gasteiger partial charge < -0.3 is 9.64 Å². The van der Waals surface area contributed by atoms with Crippen LogP contribution in [0.3, 0.4) is 0 Å². The van der Waals surface area contributed by atoms with Crippen molar-refractivity contribution in [3.63, 3.8) is 0 Å². The van der Waals surface area contributed by atoms with Crippen LogP contribution in [-0.2, 0) is 19.6 Å². The van der Waals surface area contributed by atoms with Gasteiger partial charge >= 0.3 is 0 Å². The normalized spacial score (nSPS) is 26.0. The second-order valence-electron chi connectivity index (χ2n) is 7.96. The van der Waals surface area contributed by atoms with Gasteiger partial charge in [0, 0.05) is 45.2 Å². The Morgan fingerprint density at radius 3 is 2.52 bits per heavy atom. The molecule has 1 amide bonds. The van der Waals surface area contributed by atoms with E-state index in [2.05, 4.69) is 23.5 Å². The van der Waals surface area contributed by atoms with E-state index in [1.54, 1.807) is 0 Å². The molecular weight excluding hydrogens is 397 g/mol. The van der Waals surface area contributed by atoms with E-state index in [4.69, 9.17) is 4.74 Å². The Balaban J connectivity index is 1.50. The molecule has 9 heteroatoms. The molecule has 1 aromatic carbocycles. The maximum atomic E-state index is 13.0. The molecule has 0 spiro atoms. The molecule has 3 atom stereocenters. The molecule has 7 nitrogen and oxygen atoms in total. The zero-order valence-electron chi connectivity index (χ0n) is 17.0. The first-order chi connectivity index (χ1) is 13.7. The molecule has 1 aromatic rings. The molecule has 0 saturated carbocycles. The third kappa shape index (κ3) is 5.97. The fourth-order valence-electron chi connectivity index (χ4n) is 4.22. The Labute approximate surface area is 172 Å². The largest absolute Gasteiger partial charge is 0.373 e. The Morgan fingerprint density at radius 2 is 1.86 bits per heavy atom. The highest BCUT2D eigenvalue weighted by Gasteiger charge is 2.32. The van der Waals surface area contributed by atoms with Crippen LogP contribution in [0, 0.1) is 5.82 Å². The molecule has 1 N–H and O–H groups in total. The van der Waals surface area contributed by atoms with Crippen LogP contribution in [-0.4, -0.2) is 75.1 Å². The number of amides is 1. The third-order valence-corrected chi connectivity index (χ3v) is 6.89. The SMILES string of the molecule is CC1CN(CC2CCCN2C(=O)CCNS(=O)(=O)c2ccc(F)cc2)CC(C)O1. The topological polar surface area (TPSA) is 79.0 Å². The molecule has 0 bridgehead atoms. The van der Waals surface area contributed by atoms with Gasteiger partial charge in [0.05, 0.1) is 17.1 Å². The Hall–Kier alpha value is -1.55. The van der Waals surface area contributed by atoms with E-state index in [1.807, 2.05) is 4.90 Å². The number of carbonyl (C=O) groups excluding carboxylic acids is 1. The van der Waals surface area contributed by atoms with Crippen molar-refractivity contribution >= 4 is 15.9 Å². The van der Waals surface area contributed by atoms with Gasteiger partial charge in [-0.05, 0) is 51.0 Å². The summed E-state index contributed by atoms with van der Waals surface area (Å²) in [6.07, 6.45) is 2.41. The molecule has 29 heavy (non-hydrogen) atoms. The molecule has 0 aromatic heterocycles. The number of nitrogens with one attached hydrogen (secondary N) is 1. The molecule has 3 unspecified atom stereocenters. The summed E-state index contributed by atoms with van der Waals surface area (Å²) < 4.78 is 45.7. The number of benzene rings is 1. The molecule has 2 aliphatic rings. The number of ether oxygens (including phenoxy) is 1. The predicted molar refractivity (Wildman–Crippen MR) is 107 cm³/mol. The van der Waals surface area contributed by atoms with Crippen LogP contribution in [0.2, 0.25) is 0 Å². The number of hydrogen-bond donors (Lipinski definition) is 1. The summed E-state index contributed by atoms with van der Waals surface area (Å²) in [5.74, 6) is -0.535. The Kier molecular flexibility index (Phi) is 7.26. The van der Waals surface area contributed by atoms with Crippen molar-refractivity contribution in [3.05, 3.63) is 30.1 Å². The lowest BCUT2D eigenvalue weighted by atomic mass is 10.1. The minimum absolute atomic E-state index is 0.0130. The van der Waals surface area contributed by atoms with Crippen molar-refractivity contribution in [2.75, 3.05) is 32.7 Å². The fourth-order valence-corrected chi connectivity index (χ4v) is 5.25. The van der Waals surface area contributed by atoms with Crippen LogP contribution >= 0.6 is 0 Å². The van der Waals surface area contributed by atoms with Gasteiger partial charge in [-0.2, -0.15) is 0 Å². The highest BCUT2D eigenvalue weighted by Crippen LogP contribution is 2.21. The summed E-state index contributed by atoms with van der Waals surface area (Å²) in [5.41, 5.74) is 0. The maximum Gasteiger partial charge on any atom is 0.240 e. The first-order valence-electron chi connectivity index (χ1n) is 10.2. The number of carbonyl (C=O) groups is 1. The number of rotatable bonds is 7. The van der Waals surface area contributed by atoms with E-state index >= 15 is 0 Å². The number of sulfonamides is 1. The fraction of sp³-hybridized carbons (Fsp3) is 0.650. The van der Waals surface area contributed by atoms with E-state index < -0.39 is 15.8 Å². The van der Waals surface area contributed by atoms with Gasteiger partial charge in [-0.15, -0.1) is 0 Å². The van der Waals surface area contributed by atoms with Gasteiger partial charge in [0.1, 0.15) is 5.82 Å². The van der Waals surface area contributed by atoms with Crippen LogP contribution in [0.25, 0.3) is 0 Å². The first kappa shape index (κ1) is 22.1. The smallest absolute Gasteiger partial charge is 0.240 e. The monoisotopic (exact) mass is 427 g/mol. The Morgan fingerprint density at radius 1 is 1.21 bits per heavy atom. The highest BCUT2D eigenvalue weighted by molar-refractivity contribution is 7.89. The quantitative estimate of drug-likeness (QED) is 0.715. The minimum atomic E-state index is -3.75. The summed E-state index contributed by atoms with van der Waals surface area (Å²) >= 11 is 0. The summed E-state index contributed by atoms with van der Waals surface area (Å²) in [6.45, 7) is 7.41. The van der Waals surface area contributed by atoms with Crippen LogP contribution < -0.4 is 4.72 Å². The standard InChI is InChI=1S/C20H30FN3O4S/c1-15-12-23(13-16(2)28-15)14-18-4-3-11-24(18)20(25)9-10-22-29(26,27)19-7-5-17(21)6-8-19/h5-8,15-16,18,22H,3-4,9-14H2,1-2H3. The summed E-state index contributed by atoms with van der Waals surface area (Å²) in [7, 11) is -3.75. The van der Waals surface area contributed by atoms with Gasteiger partial charge in [0.2, 0.25) is 15.9 Å². The number of nitrogens with zero attached hydrogens (tertiary/aromatic N) is 2. The van der Waals surface area contributed by atoms with Crippen molar-refractivity contribution in [3.8, 4) is 0 Å². The van der Waals surface area contributed by atoms with E-state index in [0.717, 1.165) is 44.6 Å². The minimum Gasteiger partial charge on any atom is -0.373 e. The predicted octanol–water partition coefficient (Wildman–Crippen LogP) is 1.59. The summed E-state index contributed by atoms with van der Waals surface area (Å²) in [4.78, 5) is 16.9. The van der Waals surface area contributed by atoms with E-state index in [9.17, 15) is 17.6 Å². The van der Waals surface area contributed by atoms with Crippen LogP contribution in [0.15, 0.2) is 29.2 Å². The van der Waals surface area contributed by atoms with Crippen molar-refractivity contribution in [2.45, 2.75) is 56.3 Å². The molecule has 2 aliphatic heterocycles. The lowest BCUT2D eigenvalue weighted by Crippen LogP contribution is -2.51. The lowest BCUT2D eigenvalue weighted by Gasteiger charge is -2.38. The highest BCUT2D eigenvalue weighted by atomic mass is 32.2. The molecule has 2 saturated heterocycles. The molecule has 3 rings (SSSR count).